The first-order valence-electron chi connectivity index (χ1n) is 6.09. The summed E-state index contributed by atoms with van der Waals surface area (Å²) >= 11 is 0. The molecule has 0 atom stereocenters. The molecule has 0 aliphatic heterocycles. The molecule has 0 rings (SSSR count). The molecule has 0 N–H and O–H groups in total. The first kappa shape index (κ1) is 23.4. The van der Waals surface area contributed by atoms with E-state index in [1.54, 1.807) is 0 Å². The van der Waals surface area contributed by atoms with Gasteiger partial charge < -0.3 is 0 Å². The van der Waals surface area contributed by atoms with E-state index >= 15 is 0 Å². The second-order valence-corrected chi connectivity index (χ2v) is 2.00. The maximum absolute atomic E-state index is 3.61. The van der Waals surface area contributed by atoms with Crippen LogP contribution in [0.3, 0.4) is 0 Å². The number of hydrogen-bond acceptors (Lipinski definition) is 0. The van der Waals surface area contributed by atoms with Crippen LogP contribution in [-0.2, 0) is 0 Å². The summed E-state index contributed by atoms with van der Waals surface area (Å²) < 4.78 is 0. The molecule has 0 fully saturated rings. The minimum absolute atomic E-state index is 1.20. The van der Waals surface area contributed by atoms with Gasteiger partial charge in [-0.15, -0.1) is 0 Å². The molecule has 0 aromatic carbocycles. The molecule has 0 heterocycles. The Morgan fingerprint density at radius 2 is 1.36 bits per heavy atom. The van der Waals surface area contributed by atoms with Crippen LogP contribution >= 0.6 is 0 Å². The third-order valence-electron chi connectivity index (χ3n) is 1.05. The fourth-order valence-corrected chi connectivity index (χ4v) is 0.679. The van der Waals surface area contributed by atoms with Crippen molar-refractivity contribution >= 4 is 0 Å². The first-order chi connectivity index (χ1) is 6.81. The van der Waals surface area contributed by atoms with E-state index in [-0.39, 0.29) is 0 Å². The monoisotopic (exact) mass is 200 g/mol. The van der Waals surface area contributed by atoms with Crippen molar-refractivity contribution in [1.82, 2.24) is 0 Å². The molecule has 0 aromatic heterocycles. The van der Waals surface area contributed by atoms with Crippen molar-refractivity contribution < 1.29 is 0 Å². The Labute approximate surface area is 93.1 Å². The molecule has 0 nitrogen and oxygen atoms in total. The van der Waals surface area contributed by atoms with Crippen LogP contribution in [0.25, 0.3) is 0 Å². The Bertz CT molecular complexity index is 88.2. The van der Waals surface area contributed by atoms with Gasteiger partial charge in [-0.3, -0.25) is 0 Å². The van der Waals surface area contributed by atoms with E-state index in [0.29, 0.717) is 0 Å². The smallest absolute Gasteiger partial charge is 0.0323 e. The van der Waals surface area contributed by atoms with Gasteiger partial charge in [0.15, 0.2) is 0 Å². The van der Waals surface area contributed by atoms with Crippen molar-refractivity contribution in [3.8, 4) is 0 Å². The molecule has 14 heavy (non-hydrogen) atoms. The maximum atomic E-state index is 3.61. The normalized spacial score (nSPS) is 7.86. The number of rotatable bonds is 3. The molecule has 88 valence electrons. The van der Waals surface area contributed by atoms with Gasteiger partial charge in [-0.25, -0.2) is 0 Å². The van der Waals surface area contributed by atoms with E-state index in [9.17, 15) is 0 Å². The number of hydrogen-bond donors (Lipinski definition) is 0. The lowest BCUT2D eigenvalue weighted by Crippen LogP contribution is -1.71. The first-order valence-corrected chi connectivity index (χ1v) is 6.09. The molecule has 0 aliphatic carbocycles. The summed E-state index contributed by atoms with van der Waals surface area (Å²) in [6.07, 6.45) is 6.33. The van der Waals surface area contributed by atoms with Crippen molar-refractivity contribution in [1.29, 1.82) is 0 Å². The van der Waals surface area contributed by atoms with E-state index in [0.717, 1.165) is 0 Å². The topological polar surface area (TPSA) is 0 Å². The summed E-state index contributed by atoms with van der Waals surface area (Å²) in [5.74, 6) is 0. The van der Waals surface area contributed by atoms with E-state index < -0.39 is 0 Å². The molecule has 0 saturated carbocycles. The summed E-state index contributed by atoms with van der Waals surface area (Å²) in [7, 11) is 0. The van der Waals surface area contributed by atoms with Crippen molar-refractivity contribution in [3.05, 3.63) is 24.3 Å². The molecule has 0 aromatic rings. The zero-order valence-corrected chi connectivity index (χ0v) is 11.8. The van der Waals surface area contributed by atoms with Gasteiger partial charge in [0.05, 0.1) is 0 Å². The summed E-state index contributed by atoms with van der Waals surface area (Å²) in [6.45, 7) is 19.9. The Morgan fingerprint density at radius 3 is 1.57 bits per heavy atom. The summed E-state index contributed by atoms with van der Waals surface area (Å²) in [6, 6.07) is 0. The Balaban J connectivity index is -0.0000000708. The molecule has 0 bridgehead atoms. The zero-order valence-electron chi connectivity index (χ0n) is 11.8. The fraction of sp³-hybridized carbons (Fsp3) is 0.714. The standard InChI is InChI=1S/C8H14.3C2H6/c1-4-6-8(3)7-5-2;3*1-2/h4,6H,1,5,7H2,2-3H3;3*1-2H3/b8-6-;;;. The van der Waals surface area contributed by atoms with Gasteiger partial charge in [-0.1, -0.05) is 79.2 Å². The van der Waals surface area contributed by atoms with Crippen LogP contribution in [0.4, 0.5) is 0 Å². The van der Waals surface area contributed by atoms with Crippen molar-refractivity contribution in [2.75, 3.05) is 0 Å². The van der Waals surface area contributed by atoms with E-state index in [1.165, 1.54) is 18.4 Å². The molecule has 0 radical (unpaired) electrons. The molecular weight excluding hydrogens is 168 g/mol. The van der Waals surface area contributed by atoms with Crippen LogP contribution in [0.2, 0.25) is 0 Å². The lowest BCUT2D eigenvalue weighted by Gasteiger charge is -1.91. The summed E-state index contributed by atoms with van der Waals surface area (Å²) in [5.41, 5.74) is 1.42. The Kier molecular flexibility index (Phi) is 65.4. The van der Waals surface area contributed by atoms with Crippen LogP contribution in [-0.4, -0.2) is 0 Å². The van der Waals surface area contributed by atoms with Crippen LogP contribution in [0.5, 0.6) is 0 Å². The van der Waals surface area contributed by atoms with E-state index in [2.05, 4.69) is 26.5 Å². The highest BCUT2D eigenvalue weighted by molar-refractivity contribution is 5.07. The van der Waals surface area contributed by atoms with Crippen molar-refractivity contribution in [2.24, 2.45) is 0 Å². The highest BCUT2D eigenvalue weighted by atomic mass is 13.9. The Morgan fingerprint density at radius 1 is 1.00 bits per heavy atom. The molecule has 0 aliphatic rings. The van der Waals surface area contributed by atoms with E-state index in [4.69, 9.17) is 0 Å². The van der Waals surface area contributed by atoms with Gasteiger partial charge in [-0.05, 0) is 13.3 Å². The third kappa shape index (κ3) is 42.0. The van der Waals surface area contributed by atoms with Gasteiger partial charge in [0.25, 0.3) is 0 Å². The average Bonchev–Trinajstić information content (AvgIpc) is 2.27. The quantitative estimate of drug-likeness (QED) is 0.490. The number of allylic oxidation sites excluding steroid dienone is 3. The predicted molar refractivity (Wildman–Crippen MR) is 72.9 cm³/mol. The van der Waals surface area contributed by atoms with Gasteiger partial charge in [0.2, 0.25) is 0 Å². The van der Waals surface area contributed by atoms with Crippen LogP contribution in [0.15, 0.2) is 24.3 Å². The van der Waals surface area contributed by atoms with Gasteiger partial charge >= 0.3 is 0 Å². The van der Waals surface area contributed by atoms with Crippen LogP contribution in [0.1, 0.15) is 68.2 Å². The summed E-state index contributed by atoms with van der Waals surface area (Å²) in [4.78, 5) is 0. The SMILES string of the molecule is C=C/C=C(/C)CCC.CC.CC.CC. The minimum atomic E-state index is 1.20. The van der Waals surface area contributed by atoms with Crippen LogP contribution in [0, 0.1) is 0 Å². The molecule has 0 amide bonds. The highest BCUT2D eigenvalue weighted by Gasteiger charge is 1.80. The Hall–Kier alpha value is -0.520. The second kappa shape index (κ2) is 39.2. The molecule has 0 heteroatoms. The summed E-state index contributed by atoms with van der Waals surface area (Å²) in [5, 5.41) is 0. The zero-order chi connectivity index (χ0) is 12.4. The third-order valence-corrected chi connectivity index (χ3v) is 1.05. The van der Waals surface area contributed by atoms with Crippen molar-refractivity contribution in [2.45, 2.75) is 68.2 Å². The second-order valence-electron chi connectivity index (χ2n) is 2.00. The van der Waals surface area contributed by atoms with Crippen LogP contribution < -0.4 is 0 Å². The average molecular weight is 200 g/mol. The van der Waals surface area contributed by atoms with Crippen molar-refractivity contribution in [3.63, 3.8) is 0 Å². The molecule has 0 unspecified atom stereocenters. The lowest BCUT2D eigenvalue weighted by molar-refractivity contribution is 0.906. The van der Waals surface area contributed by atoms with Gasteiger partial charge in [0, 0.05) is 0 Å². The fourth-order valence-electron chi connectivity index (χ4n) is 0.679. The molecule has 0 saturated heterocycles. The minimum Gasteiger partial charge on any atom is -0.0991 e. The highest BCUT2D eigenvalue weighted by Crippen LogP contribution is 2.01. The molecular formula is C14H32. The van der Waals surface area contributed by atoms with Gasteiger partial charge in [-0.2, -0.15) is 0 Å². The lowest BCUT2D eigenvalue weighted by atomic mass is 10.2. The maximum Gasteiger partial charge on any atom is -0.0323 e. The van der Waals surface area contributed by atoms with Gasteiger partial charge in [0.1, 0.15) is 0 Å². The largest absolute Gasteiger partial charge is 0.0991 e. The van der Waals surface area contributed by atoms with E-state index in [1.807, 2.05) is 47.6 Å². The molecule has 0 spiro atoms. The predicted octanol–water partition coefficient (Wildman–Crippen LogP) is 6.00.